The highest BCUT2D eigenvalue weighted by Crippen LogP contribution is 2.24. The van der Waals surface area contributed by atoms with Crippen molar-refractivity contribution in [1.82, 2.24) is 15.1 Å². The molecular formula is C17H20N4O2. The summed E-state index contributed by atoms with van der Waals surface area (Å²) in [5, 5.41) is 6.90. The first kappa shape index (κ1) is 15.3. The summed E-state index contributed by atoms with van der Waals surface area (Å²) >= 11 is 0. The molecule has 0 spiro atoms. The molecule has 1 aliphatic rings. The third kappa shape index (κ3) is 3.41. The lowest BCUT2D eigenvalue weighted by Gasteiger charge is -2.27. The molecule has 0 radical (unpaired) electrons. The van der Waals surface area contributed by atoms with E-state index in [1.165, 1.54) is 29.5 Å². The van der Waals surface area contributed by atoms with Gasteiger partial charge in [0.05, 0.1) is 0 Å². The fourth-order valence-corrected chi connectivity index (χ4v) is 2.93. The van der Waals surface area contributed by atoms with Gasteiger partial charge in [0.25, 0.3) is 11.5 Å². The van der Waals surface area contributed by atoms with Crippen molar-refractivity contribution in [3.63, 3.8) is 0 Å². The van der Waals surface area contributed by atoms with E-state index in [-0.39, 0.29) is 23.2 Å². The van der Waals surface area contributed by atoms with Crippen LogP contribution in [0.2, 0.25) is 0 Å². The van der Waals surface area contributed by atoms with Gasteiger partial charge < -0.3 is 10.2 Å². The highest BCUT2D eigenvalue weighted by molar-refractivity contribution is 5.92. The summed E-state index contributed by atoms with van der Waals surface area (Å²) < 4.78 is 1.17. The highest BCUT2D eigenvalue weighted by atomic mass is 16.2. The average molecular weight is 312 g/mol. The Bertz CT molecular complexity index is 742. The van der Waals surface area contributed by atoms with Crippen LogP contribution in [0.5, 0.6) is 0 Å². The third-order valence-electron chi connectivity index (χ3n) is 4.16. The van der Waals surface area contributed by atoms with Gasteiger partial charge >= 0.3 is 0 Å². The molecule has 1 saturated heterocycles. The van der Waals surface area contributed by atoms with Crippen LogP contribution in [0.25, 0.3) is 0 Å². The number of nitrogens with one attached hydrogen (secondary N) is 1. The number of nitrogens with zero attached hydrogens (tertiary/aromatic N) is 3. The molecule has 120 valence electrons. The van der Waals surface area contributed by atoms with Crippen LogP contribution < -0.4 is 15.8 Å². The van der Waals surface area contributed by atoms with Crippen molar-refractivity contribution in [2.75, 3.05) is 18.0 Å². The Hall–Kier alpha value is -2.63. The minimum Gasteiger partial charge on any atom is -0.367 e. The standard InChI is InChI=1S/C17H20N4O2/c1-20-16(22)10-9-15(19-20)17(23)18-12-14-8-5-11-21(14)13-6-3-2-4-7-13/h2-4,6-7,9-10,14H,5,8,11-12H2,1H3,(H,18,23). The summed E-state index contributed by atoms with van der Waals surface area (Å²) in [5.74, 6) is -0.250. The summed E-state index contributed by atoms with van der Waals surface area (Å²) in [6.45, 7) is 1.57. The molecule has 3 rings (SSSR count). The summed E-state index contributed by atoms with van der Waals surface area (Å²) in [5.41, 5.74) is 1.22. The zero-order valence-corrected chi connectivity index (χ0v) is 13.1. The maximum absolute atomic E-state index is 12.2. The second-order valence-electron chi connectivity index (χ2n) is 5.72. The molecule has 1 aromatic carbocycles. The fraction of sp³-hybridized carbons (Fsp3) is 0.353. The zero-order chi connectivity index (χ0) is 16.2. The Morgan fingerprint density at radius 3 is 2.78 bits per heavy atom. The Labute approximate surface area is 134 Å². The topological polar surface area (TPSA) is 67.2 Å². The van der Waals surface area contributed by atoms with Crippen LogP contribution in [0.3, 0.4) is 0 Å². The van der Waals surface area contributed by atoms with Crippen LogP contribution in [0.4, 0.5) is 5.69 Å². The minimum absolute atomic E-state index is 0.229. The average Bonchev–Trinajstić information content (AvgIpc) is 3.04. The highest BCUT2D eigenvalue weighted by Gasteiger charge is 2.25. The molecule has 0 saturated carbocycles. The summed E-state index contributed by atoms with van der Waals surface area (Å²) in [7, 11) is 1.53. The monoisotopic (exact) mass is 312 g/mol. The van der Waals surface area contributed by atoms with E-state index in [0.717, 1.165) is 19.4 Å². The third-order valence-corrected chi connectivity index (χ3v) is 4.16. The number of benzene rings is 1. The predicted molar refractivity (Wildman–Crippen MR) is 88.6 cm³/mol. The van der Waals surface area contributed by atoms with Crippen molar-refractivity contribution in [1.29, 1.82) is 0 Å². The Morgan fingerprint density at radius 2 is 2.04 bits per heavy atom. The SMILES string of the molecule is Cn1nc(C(=O)NCC2CCCN2c2ccccc2)ccc1=O. The molecule has 2 heterocycles. The molecule has 1 N–H and O–H groups in total. The number of hydrogen-bond acceptors (Lipinski definition) is 4. The van der Waals surface area contributed by atoms with Crippen LogP contribution in [0.15, 0.2) is 47.3 Å². The summed E-state index contributed by atoms with van der Waals surface area (Å²) in [6, 6.07) is 13.3. The molecular weight excluding hydrogens is 292 g/mol. The number of aryl methyl sites for hydroxylation is 1. The van der Waals surface area contributed by atoms with Crippen LogP contribution in [0.1, 0.15) is 23.3 Å². The van der Waals surface area contributed by atoms with Gasteiger partial charge in [-0.15, -0.1) is 0 Å². The second-order valence-corrected chi connectivity index (χ2v) is 5.72. The number of anilines is 1. The number of para-hydroxylation sites is 1. The van der Waals surface area contributed by atoms with Gasteiger partial charge in [0.1, 0.15) is 5.69 Å². The quantitative estimate of drug-likeness (QED) is 0.920. The van der Waals surface area contributed by atoms with Crippen molar-refractivity contribution in [3.8, 4) is 0 Å². The second kappa shape index (κ2) is 6.64. The van der Waals surface area contributed by atoms with Crippen molar-refractivity contribution < 1.29 is 4.79 Å². The number of carbonyl (C=O) groups is 1. The van der Waals surface area contributed by atoms with Crippen LogP contribution in [0, 0.1) is 0 Å². The largest absolute Gasteiger partial charge is 0.367 e. The maximum atomic E-state index is 12.2. The first-order valence-electron chi connectivity index (χ1n) is 7.79. The normalized spacial score (nSPS) is 17.3. The predicted octanol–water partition coefficient (Wildman–Crippen LogP) is 1.18. The molecule has 1 unspecified atom stereocenters. The van der Waals surface area contributed by atoms with E-state index in [4.69, 9.17) is 0 Å². The lowest BCUT2D eigenvalue weighted by molar-refractivity contribution is 0.0944. The molecule has 23 heavy (non-hydrogen) atoms. The molecule has 6 heteroatoms. The van der Waals surface area contributed by atoms with Gasteiger partial charge in [0.2, 0.25) is 0 Å². The van der Waals surface area contributed by atoms with Crippen LogP contribution >= 0.6 is 0 Å². The van der Waals surface area contributed by atoms with Crippen LogP contribution in [-0.4, -0.2) is 34.8 Å². The van der Waals surface area contributed by atoms with Gasteiger partial charge in [0.15, 0.2) is 0 Å². The summed E-state index contributed by atoms with van der Waals surface area (Å²) in [6.07, 6.45) is 2.17. The van der Waals surface area contributed by atoms with Crippen LogP contribution in [-0.2, 0) is 7.05 Å². The molecule has 1 fully saturated rings. The van der Waals surface area contributed by atoms with E-state index in [0.29, 0.717) is 6.54 Å². The lowest BCUT2D eigenvalue weighted by Crippen LogP contribution is -2.40. The molecule has 1 amide bonds. The number of aromatic nitrogens is 2. The number of rotatable bonds is 4. The van der Waals surface area contributed by atoms with Gasteiger partial charge in [-0.3, -0.25) is 9.59 Å². The van der Waals surface area contributed by atoms with Gasteiger partial charge in [-0.1, -0.05) is 18.2 Å². The fourth-order valence-electron chi connectivity index (χ4n) is 2.93. The van der Waals surface area contributed by atoms with Gasteiger partial charge in [0, 0.05) is 37.9 Å². The Kier molecular flexibility index (Phi) is 4.41. The van der Waals surface area contributed by atoms with Gasteiger partial charge in [-0.2, -0.15) is 5.10 Å². The van der Waals surface area contributed by atoms with E-state index < -0.39 is 0 Å². The van der Waals surface area contributed by atoms with Gasteiger partial charge in [-0.05, 0) is 31.0 Å². The molecule has 1 aromatic heterocycles. The number of carbonyl (C=O) groups excluding carboxylic acids is 1. The minimum atomic E-state index is -0.250. The number of hydrogen-bond donors (Lipinski definition) is 1. The molecule has 1 aliphatic heterocycles. The Morgan fingerprint density at radius 1 is 1.26 bits per heavy atom. The van der Waals surface area contributed by atoms with Crippen molar-refractivity contribution in [3.05, 3.63) is 58.5 Å². The van der Waals surface area contributed by atoms with Crippen molar-refractivity contribution in [2.24, 2.45) is 7.05 Å². The molecule has 0 bridgehead atoms. The summed E-state index contributed by atoms with van der Waals surface area (Å²) in [4.78, 5) is 25.9. The first-order valence-corrected chi connectivity index (χ1v) is 7.79. The van der Waals surface area contributed by atoms with E-state index in [1.807, 2.05) is 18.2 Å². The molecule has 2 aromatic rings. The first-order chi connectivity index (χ1) is 11.1. The van der Waals surface area contributed by atoms with Crippen molar-refractivity contribution >= 4 is 11.6 Å². The zero-order valence-electron chi connectivity index (χ0n) is 13.1. The van der Waals surface area contributed by atoms with E-state index in [2.05, 4.69) is 27.4 Å². The molecule has 1 atom stereocenters. The lowest BCUT2D eigenvalue weighted by atomic mass is 10.2. The maximum Gasteiger partial charge on any atom is 0.271 e. The van der Waals surface area contributed by atoms with E-state index in [1.54, 1.807) is 0 Å². The van der Waals surface area contributed by atoms with E-state index in [9.17, 15) is 9.59 Å². The number of amides is 1. The Balaban J connectivity index is 1.64. The molecule has 0 aliphatic carbocycles. The van der Waals surface area contributed by atoms with E-state index >= 15 is 0 Å². The van der Waals surface area contributed by atoms with Gasteiger partial charge in [-0.25, -0.2) is 4.68 Å². The van der Waals surface area contributed by atoms with Crippen molar-refractivity contribution in [2.45, 2.75) is 18.9 Å². The molecule has 6 nitrogen and oxygen atoms in total. The smallest absolute Gasteiger partial charge is 0.271 e.